The molecule has 0 N–H and O–H groups in total. The zero-order valence-electron chi connectivity index (χ0n) is 14.8. The van der Waals surface area contributed by atoms with Crippen LogP contribution in [0, 0.1) is 17.3 Å². The largest absolute Gasteiger partial charge is 0.447 e. The molecule has 0 aromatic heterocycles. The maximum Gasteiger partial charge on any atom is 0.414 e. The molecule has 4 aliphatic carbocycles. The summed E-state index contributed by atoms with van der Waals surface area (Å²) in [5.74, 6) is 1.42. The molecule has 3 nitrogen and oxygen atoms in total. The van der Waals surface area contributed by atoms with Crippen molar-refractivity contribution in [2.75, 3.05) is 6.61 Å². The van der Waals surface area contributed by atoms with E-state index in [1.165, 1.54) is 56.2 Å². The van der Waals surface area contributed by atoms with E-state index in [0.717, 1.165) is 12.3 Å². The lowest BCUT2D eigenvalue weighted by Gasteiger charge is -2.54. The summed E-state index contributed by atoms with van der Waals surface area (Å²) in [6, 6.07) is 10.6. The standard InChI is InChI=1S/C22H27NO2/c24-21-23(19(15-25-21)12-16-6-2-1-3-7-16)20-14-22-10-5-4-8-18(22)13-17(20)9-11-22/h1-3,6-7,14,17-19H,4-5,8-13,15H2/t17-,18-,19+,22-/m0/s1. The van der Waals surface area contributed by atoms with E-state index in [9.17, 15) is 4.79 Å². The molecule has 0 radical (unpaired) electrons. The van der Waals surface area contributed by atoms with Crippen molar-refractivity contribution < 1.29 is 9.53 Å². The van der Waals surface area contributed by atoms with Gasteiger partial charge in [0.1, 0.15) is 6.61 Å². The fourth-order valence-electron chi connectivity index (χ4n) is 5.95. The maximum atomic E-state index is 12.6. The highest BCUT2D eigenvalue weighted by molar-refractivity contribution is 5.73. The van der Waals surface area contributed by atoms with Gasteiger partial charge >= 0.3 is 6.09 Å². The Morgan fingerprint density at radius 1 is 1.12 bits per heavy atom. The highest BCUT2D eigenvalue weighted by Gasteiger charge is 2.51. The van der Waals surface area contributed by atoms with Gasteiger partial charge in [0, 0.05) is 5.70 Å². The number of cyclic esters (lactones) is 1. The van der Waals surface area contributed by atoms with Gasteiger partial charge in [0.05, 0.1) is 6.04 Å². The number of amides is 1. The molecular formula is C22H27NO2. The molecule has 2 saturated carbocycles. The Hall–Kier alpha value is -1.77. The Labute approximate surface area is 150 Å². The van der Waals surface area contributed by atoms with E-state index in [0.29, 0.717) is 17.9 Å². The lowest BCUT2D eigenvalue weighted by molar-refractivity contribution is 0.0399. The summed E-state index contributed by atoms with van der Waals surface area (Å²) in [7, 11) is 0. The first-order valence-electron chi connectivity index (χ1n) is 9.98. The topological polar surface area (TPSA) is 29.5 Å². The Bertz CT molecular complexity index is 697. The molecule has 1 aromatic rings. The van der Waals surface area contributed by atoms with Crippen molar-refractivity contribution in [2.24, 2.45) is 17.3 Å². The number of fused-ring (bicyclic) bond motifs is 1. The van der Waals surface area contributed by atoms with E-state index in [1.807, 2.05) is 11.0 Å². The van der Waals surface area contributed by atoms with Crippen molar-refractivity contribution >= 4 is 6.09 Å². The lowest BCUT2D eigenvalue weighted by Crippen LogP contribution is -2.48. The number of carbonyl (C=O) groups is 1. The third kappa shape index (κ3) is 2.51. The summed E-state index contributed by atoms with van der Waals surface area (Å²) in [6.07, 6.45) is 12.6. The predicted octanol–water partition coefficient (Wildman–Crippen LogP) is 4.92. The molecule has 1 amide bonds. The highest BCUT2D eigenvalue weighted by atomic mass is 16.6. The molecular weight excluding hydrogens is 310 g/mol. The van der Waals surface area contributed by atoms with E-state index in [2.05, 4.69) is 30.3 Å². The van der Waals surface area contributed by atoms with Gasteiger partial charge in [-0.1, -0.05) is 49.2 Å². The van der Waals surface area contributed by atoms with Gasteiger partial charge in [-0.15, -0.1) is 0 Å². The fourth-order valence-corrected chi connectivity index (χ4v) is 5.95. The third-order valence-electron chi connectivity index (χ3n) is 7.19. The minimum Gasteiger partial charge on any atom is -0.447 e. The van der Waals surface area contributed by atoms with Crippen LogP contribution in [0.5, 0.6) is 0 Å². The van der Waals surface area contributed by atoms with Gasteiger partial charge in [-0.3, -0.25) is 4.90 Å². The van der Waals surface area contributed by atoms with Gasteiger partial charge in [0.15, 0.2) is 0 Å². The summed E-state index contributed by atoms with van der Waals surface area (Å²) >= 11 is 0. The highest BCUT2D eigenvalue weighted by Crippen LogP contribution is 2.59. The second-order valence-corrected chi connectivity index (χ2v) is 8.51. The number of hydrogen-bond donors (Lipinski definition) is 0. The van der Waals surface area contributed by atoms with E-state index < -0.39 is 0 Å². The molecule has 4 atom stereocenters. The summed E-state index contributed by atoms with van der Waals surface area (Å²) < 4.78 is 5.49. The van der Waals surface area contributed by atoms with Gasteiger partial charge in [-0.05, 0) is 61.3 Å². The Morgan fingerprint density at radius 3 is 2.88 bits per heavy atom. The first-order valence-corrected chi connectivity index (χ1v) is 9.98. The molecule has 3 heteroatoms. The fraction of sp³-hybridized carbons (Fsp3) is 0.591. The number of allylic oxidation sites excluding steroid dienone is 2. The van der Waals surface area contributed by atoms with Gasteiger partial charge in [0.2, 0.25) is 0 Å². The molecule has 1 spiro atoms. The second kappa shape index (κ2) is 5.89. The number of benzene rings is 1. The van der Waals surface area contributed by atoms with Crippen LogP contribution in [0.3, 0.4) is 0 Å². The monoisotopic (exact) mass is 337 g/mol. The van der Waals surface area contributed by atoms with Crippen LogP contribution in [0.1, 0.15) is 50.5 Å². The molecule has 3 fully saturated rings. The summed E-state index contributed by atoms with van der Waals surface area (Å²) in [6.45, 7) is 0.522. The van der Waals surface area contributed by atoms with Gasteiger partial charge in [0.25, 0.3) is 0 Å². The number of hydrogen-bond acceptors (Lipinski definition) is 2. The molecule has 6 rings (SSSR count). The van der Waals surface area contributed by atoms with Crippen molar-refractivity contribution in [3.05, 3.63) is 47.7 Å². The maximum absolute atomic E-state index is 12.6. The van der Waals surface area contributed by atoms with Crippen molar-refractivity contribution in [3.63, 3.8) is 0 Å². The molecule has 5 aliphatic rings. The number of ether oxygens (including phenoxy) is 1. The predicted molar refractivity (Wildman–Crippen MR) is 96.9 cm³/mol. The first-order chi connectivity index (χ1) is 12.3. The van der Waals surface area contributed by atoms with Crippen LogP contribution in [0.25, 0.3) is 0 Å². The Kier molecular flexibility index (Phi) is 3.65. The van der Waals surface area contributed by atoms with E-state index >= 15 is 0 Å². The Morgan fingerprint density at radius 2 is 2.00 bits per heavy atom. The molecule has 1 aliphatic heterocycles. The number of rotatable bonds is 3. The van der Waals surface area contributed by atoms with Crippen molar-refractivity contribution in [3.8, 4) is 0 Å². The third-order valence-corrected chi connectivity index (χ3v) is 7.19. The summed E-state index contributed by atoms with van der Waals surface area (Å²) in [4.78, 5) is 14.6. The van der Waals surface area contributed by atoms with Crippen molar-refractivity contribution in [2.45, 2.75) is 57.4 Å². The molecule has 25 heavy (non-hydrogen) atoms. The molecule has 2 bridgehead atoms. The van der Waals surface area contributed by atoms with Crippen LogP contribution >= 0.6 is 0 Å². The van der Waals surface area contributed by atoms with Crippen molar-refractivity contribution in [1.29, 1.82) is 0 Å². The zero-order valence-corrected chi connectivity index (χ0v) is 14.8. The summed E-state index contributed by atoms with van der Waals surface area (Å²) in [5, 5.41) is 0. The van der Waals surface area contributed by atoms with Gasteiger partial charge in [-0.2, -0.15) is 0 Å². The minimum absolute atomic E-state index is 0.122. The smallest absolute Gasteiger partial charge is 0.414 e. The SMILES string of the molecule is O=C1OC[C@@H](Cc2ccccc2)N1C1=C[C@@]23CCCC[C@H]2C[C@@H]1CC3. The lowest BCUT2D eigenvalue weighted by atomic mass is 9.53. The van der Waals surface area contributed by atoms with Crippen LogP contribution in [-0.4, -0.2) is 23.6 Å². The van der Waals surface area contributed by atoms with E-state index in [4.69, 9.17) is 4.74 Å². The van der Waals surface area contributed by atoms with Crippen LogP contribution in [0.15, 0.2) is 42.1 Å². The minimum atomic E-state index is -0.122. The number of carbonyl (C=O) groups excluding carboxylic acids is 1. The normalized spacial score (nSPS) is 36.8. The van der Waals surface area contributed by atoms with Crippen LogP contribution in [-0.2, 0) is 11.2 Å². The van der Waals surface area contributed by atoms with Crippen LogP contribution < -0.4 is 0 Å². The first kappa shape index (κ1) is 15.5. The average Bonchev–Trinajstić information content (AvgIpc) is 3.02. The van der Waals surface area contributed by atoms with Crippen LogP contribution in [0.4, 0.5) is 4.79 Å². The van der Waals surface area contributed by atoms with Crippen LogP contribution in [0.2, 0.25) is 0 Å². The Balaban J connectivity index is 1.45. The molecule has 1 aromatic carbocycles. The average molecular weight is 337 g/mol. The zero-order chi connectivity index (χ0) is 16.9. The molecule has 132 valence electrons. The molecule has 0 unspecified atom stereocenters. The summed E-state index contributed by atoms with van der Waals surface area (Å²) in [5.41, 5.74) is 2.96. The van der Waals surface area contributed by atoms with Gasteiger partial charge in [-0.25, -0.2) is 4.79 Å². The number of nitrogens with zero attached hydrogens (tertiary/aromatic N) is 1. The van der Waals surface area contributed by atoms with Gasteiger partial charge < -0.3 is 4.74 Å². The quantitative estimate of drug-likeness (QED) is 0.783. The second-order valence-electron chi connectivity index (χ2n) is 8.51. The molecule has 1 heterocycles. The van der Waals surface area contributed by atoms with E-state index in [1.54, 1.807) is 0 Å². The molecule has 1 saturated heterocycles. The van der Waals surface area contributed by atoms with Crippen molar-refractivity contribution in [1.82, 2.24) is 4.90 Å². The van der Waals surface area contributed by atoms with E-state index in [-0.39, 0.29) is 12.1 Å².